The highest BCUT2D eigenvalue weighted by Gasteiger charge is 2.40. The number of hydrogen-bond donors (Lipinski definition) is 1. The van der Waals surface area contributed by atoms with Crippen LogP contribution in [-0.2, 0) is 0 Å². The standard InChI is InChI=1S/C10H10ClF2N/c11-8-4-2-1-3-7(8)9-5-10(12,13)6-14-9/h1-4,9,14H,5-6H2. The minimum atomic E-state index is -2.61. The summed E-state index contributed by atoms with van der Waals surface area (Å²) in [4.78, 5) is 0. The minimum absolute atomic E-state index is 0.170. The normalized spacial score (nSPS) is 25.2. The van der Waals surface area contributed by atoms with Crippen molar-refractivity contribution in [2.24, 2.45) is 0 Å². The van der Waals surface area contributed by atoms with Gasteiger partial charge in [0.15, 0.2) is 0 Å². The van der Waals surface area contributed by atoms with Gasteiger partial charge in [0.2, 0.25) is 0 Å². The van der Waals surface area contributed by atoms with Gasteiger partial charge in [-0.05, 0) is 11.6 Å². The summed E-state index contributed by atoms with van der Waals surface area (Å²) in [5.41, 5.74) is 0.756. The van der Waals surface area contributed by atoms with E-state index in [9.17, 15) is 8.78 Å². The van der Waals surface area contributed by atoms with Crippen LogP contribution in [0.15, 0.2) is 24.3 Å². The monoisotopic (exact) mass is 217 g/mol. The fourth-order valence-electron chi connectivity index (χ4n) is 1.69. The van der Waals surface area contributed by atoms with Gasteiger partial charge in [0.05, 0.1) is 6.54 Å². The summed E-state index contributed by atoms with van der Waals surface area (Å²) in [6.45, 7) is -0.261. The molecule has 1 aromatic carbocycles. The van der Waals surface area contributed by atoms with E-state index >= 15 is 0 Å². The predicted octanol–water partition coefficient (Wildman–Crippen LogP) is 3.01. The van der Waals surface area contributed by atoms with Crippen LogP contribution in [0.3, 0.4) is 0 Å². The highest BCUT2D eigenvalue weighted by atomic mass is 35.5. The maximum atomic E-state index is 12.9. The molecule has 0 bridgehead atoms. The number of rotatable bonds is 1. The lowest BCUT2D eigenvalue weighted by Gasteiger charge is -2.11. The Bertz CT molecular complexity index is 341. The van der Waals surface area contributed by atoms with Crippen LogP contribution in [0.1, 0.15) is 18.0 Å². The summed E-state index contributed by atoms with van der Waals surface area (Å²) in [5.74, 6) is -2.61. The fraction of sp³-hybridized carbons (Fsp3) is 0.400. The molecule has 1 unspecified atom stereocenters. The Labute approximate surface area is 86.1 Å². The van der Waals surface area contributed by atoms with E-state index in [1.54, 1.807) is 24.3 Å². The fourth-order valence-corrected chi connectivity index (χ4v) is 1.96. The third-order valence-electron chi connectivity index (χ3n) is 2.39. The van der Waals surface area contributed by atoms with Crippen LogP contribution in [0.2, 0.25) is 5.02 Å². The van der Waals surface area contributed by atoms with Crippen molar-refractivity contribution in [1.82, 2.24) is 5.32 Å². The first kappa shape index (κ1) is 9.87. The quantitative estimate of drug-likeness (QED) is 0.763. The van der Waals surface area contributed by atoms with Gasteiger partial charge < -0.3 is 5.32 Å². The van der Waals surface area contributed by atoms with Crippen molar-refractivity contribution in [3.8, 4) is 0 Å². The summed E-state index contributed by atoms with van der Waals surface area (Å²) in [6, 6.07) is 6.77. The summed E-state index contributed by atoms with van der Waals surface area (Å²) in [7, 11) is 0. The van der Waals surface area contributed by atoms with Crippen LogP contribution in [0, 0.1) is 0 Å². The lowest BCUT2D eigenvalue weighted by molar-refractivity contribution is 0.0210. The third-order valence-corrected chi connectivity index (χ3v) is 2.73. The highest BCUT2D eigenvalue weighted by molar-refractivity contribution is 6.31. The largest absolute Gasteiger partial charge is 0.304 e. The van der Waals surface area contributed by atoms with Crippen LogP contribution in [-0.4, -0.2) is 12.5 Å². The Balaban J connectivity index is 2.22. The SMILES string of the molecule is FC1(F)CNC(c2ccccc2Cl)C1. The molecule has 0 spiro atoms. The molecule has 1 atom stereocenters. The molecule has 0 aliphatic carbocycles. The van der Waals surface area contributed by atoms with Gasteiger partial charge in [-0.25, -0.2) is 8.78 Å². The molecule has 0 amide bonds. The van der Waals surface area contributed by atoms with Gasteiger partial charge in [0.1, 0.15) is 0 Å². The lowest BCUT2D eigenvalue weighted by atomic mass is 10.0. The van der Waals surface area contributed by atoms with Gasteiger partial charge in [-0.15, -0.1) is 0 Å². The van der Waals surface area contributed by atoms with E-state index in [0.29, 0.717) is 5.02 Å². The molecule has 0 radical (unpaired) electrons. The second kappa shape index (κ2) is 3.48. The first-order valence-corrected chi connectivity index (χ1v) is 4.82. The molecule has 1 aliphatic rings. The second-order valence-electron chi connectivity index (χ2n) is 3.52. The Kier molecular flexibility index (Phi) is 2.45. The molecule has 0 saturated carbocycles. The van der Waals surface area contributed by atoms with E-state index in [1.165, 1.54) is 0 Å². The van der Waals surface area contributed by atoms with Gasteiger partial charge in [0.25, 0.3) is 5.92 Å². The van der Waals surface area contributed by atoms with E-state index in [1.807, 2.05) is 0 Å². The molecule has 1 aliphatic heterocycles. The topological polar surface area (TPSA) is 12.0 Å². The molecule has 2 rings (SSSR count). The van der Waals surface area contributed by atoms with Crippen LogP contribution in [0.4, 0.5) is 8.78 Å². The first-order chi connectivity index (χ1) is 6.58. The predicted molar refractivity (Wildman–Crippen MR) is 51.8 cm³/mol. The number of nitrogens with one attached hydrogen (secondary N) is 1. The maximum absolute atomic E-state index is 12.9. The van der Waals surface area contributed by atoms with Crippen molar-refractivity contribution >= 4 is 11.6 Å². The van der Waals surface area contributed by atoms with Crippen LogP contribution in [0.25, 0.3) is 0 Å². The number of benzene rings is 1. The van der Waals surface area contributed by atoms with E-state index in [4.69, 9.17) is 11.6 Å². The van der Waals surface area contributed by atoms with Gasteiger partial charge in [-0.3, -0.25) is 0 Å². The zero-order valence-electron chi connectivity index (χ0n) is 7.43. The van der Waals surface area contributed by atoms with Crippen molar-refractivity contribution in [1.29, 1.82) is 0 Å². The zero-order valence-corrected chi connectivity index (χ0v) is 8.19. The zero-order chi connectivity index (χ0) is 10.2. The van der Waals surface area contributed by atoms with Crippen molar-refractivity contribution in [2.75, 3.05) is 6.54 Å². The Morgan fingerprint density at radius 1 is 1.36 bits per heavy atom. The highest BCUT2D eigenvalue weighted by Crippen LogP contribution is 2.36. The van der Waals surface area contributed by atoms with Crippen LogP contribution >= 0.6 is 11.6 Å². The third kappa shape index (κ3) is 1.88. The molecule has 1 heterocycles. The van der Waals surface area contributed by atoms with E-state index < -0.39 is 5.92 Å². The van der Waals surface area contributed by atoms with Crippen molar-refractivity contribution in [2.45, 2.75) is 18.4 Å². The Morgan fingerprint density at radius 3 is 2.64 bits per heavy atom. The number of alkyl halides is 2. The van der Waals surface area contributed by atoms with Crippen molar-refractivity contribution in [3.05, 3.63) is 34.9 Å². The maximum Gasteiger partial charge on any atom is 0.262 e. The second-order valence-corrected chi connectivity index (χ2v) is 3.92. The first-order valence-electron chi connectivity index (χ1n) is 4.44. The smallest absolute Gasteiger partial charge is 0.262 e. The van der Waals surface area contributed by atoms with Gasteiger partial charge >= 0.3 is 0 Å². The van der Waals surface area contributed by atoms with Gasteiger partial charge in [-0.2, -0.15) is 0 Å². The molecule has 4 heteroatoms. The van der Waals surface area contributed by atoms with Crippen molar-refractivity contribution < 1.29 is 8.78 Å². The minimum Gasteiger partial charge on any atom is -0.304 e. The molecular formula is C10H10ClF2N. The van der Waals surface area contributed by atoms with Gasteiger partial charge in [-0.1, -0.05) is 29.8 Å². The Hall–Kier alpha value is -0.670. The summed E-state index contributed by atoms with van der Waals surface area (Å²) in [6.07, 6.45) is -0.170. The molecule has 1 nitrogen and oxygen atoms in total. The molecular weight excluding hydrogens is 208 g/mol. The average Bonchev–Trinajstić information content (AvgIpc) is 2.47. The van der Waals surface area contributed by atoms with E-state index in [-0.39, 0.29) is 19.0 Å². The molecule has 76 valence electrons. The summed E-state index contributed by atoms with van der Waals surface area (Å²) >= 11 is 5.91. The number of halogens is 3. The van der Waals surface area contributed by atoms with E-state index in [0.717, 1.165) is 5.56 Å². The summed E-state index contributed by atoms with van der Waals surface area (Å²) in [5, 5.41) is 3.31. The summed E-state index contributed by atoms with van der Waals surface area (Å²) < 4.78 is 25.8. The molecule has 1 N–H and O–H groups in total. The molecule has 1 saturated heterocycles. The Morgan fingerprint density at radius 2 is 2.07 bits per heavy atom. The number of hydrogen-bond acceptors (Lipinski definition) is 1. The van der Waals surface area contributed by atoms with Crippen LogP contribution in [0.5, 0.6) is 0 Å². The molecule has 1 aromatic rings. The average molecular weight is 218 g/mol. The van der Waals surface area contributed by atoms with E-state index in [2.05, 4.69) is 5.32 Å². The molecule has 0 aromatic heterocycles. The lowest BCUT2D eigenvalue weighted by Crippen LogP contribution is -2.19. The van der Waals surface area contributed by atoms with Gasteiger partial charge in [0, 0.05) is 17.5 Å². The molecule has 14 heavy (non-hydrogen) atoms. The van der Waals surface area contributed by atoms with Crippen LogP contribution < -0.4 is 5.32 Å². The molecule has 1 fully saturated rings. The van der Waals surface area contributed by atoms with Crippen molar-refractivity contribution in [3.63, 3.8) is 0 Å².